The van der Waals surface area contributed by atoms with Gasteiger partial charge in [-0.1, -0.05) is 0 Å². The molecule has 2 fully saturated rings. The van der Waals surface area contributed by atoms with Crippen LogP contribution in [0, 0.1) is 17.6 Å². The van der Waals surface area contributed by atoms with Gasteiger partial charge in [-0.2, -0.15) is 5.10 Å². The number of nitrogens with one attached hydrogen (secondary N) is 1. The van der Waals surface area contributed by atoms with Gasteiger partial charge in [0.25, 0.3) is 0 Å². The highest BCUT2D eigenvalue weighted by Crippen LogP contribution is 2.49. The van der Waals surface area contributed by atoms with Crippen molar-refractivity contribution in [3.05, 3.63) is 65.4 Å². The first-order chi connectivity index (χ1) is 24.8. The number of rotatable bonds is 6. The highest BCUT2D eigenvalue weighted by Gasteiger charge is 2.56. The monoisotopic (exact) mass is 724 g/mol. The molecule has 0 aliphatic carbocycles. The summed E-state index contributed by atoms with van der Waals surface area (Å²) >= 11 is 0. The Hall–Kier alpha value is -4.07. The molecule has 1 aromatic heterocycles. The summed E-state index contributed by atoms with van der Waals surface area (Å²) in [5, 5.41) is 7.86. The number of carbonyl (C=O) groups excluding carboxylic acids is 2. The lowest BCUT2D eigenvalue weighted by Crippen LogP contribution is -2.61. The number of fused-ring (bicyclic) bond motifs is 5. The zero-order valence-electron chi connectivity index (χ0n) is 30.9. The number of aryl methyl sites for hydroxylation is 1. The number of hydrogen-bond acceptors (Lipinski definition) is 9. The van der Waals surface area contributed by atoms with Crippen molar-refractivity contribution in [3.8, 4) is 22.8 Å². The Balaban J connectivity index is 0.000000191. The number of amides is 1. The van der Waals surface area contributed by atoms with Crippen molar-refractivity contribution in [2.75, 3.05) is 39.4 Å². The minimum absolute atomic E-state index is 0.189. The van der Waals surface area contributed by atoms with Crippen LogP contribution in [-0.4, -0.2) is 83.4 Å². The summed E-state index contributed by atoms with van der Waals surface area (Å²) in [4.78, 5) is 27.7. The number of aromatic nitrogens is 2. The van der Waals surface area contributed by atoms with E-state index in [0.29, 0.717) is 44.9 Å². The highest BCUT2D eigenvalue weighted by molar-refractivity contribution is 6.02. The minimum Gasteiger partial charge on any atom is -0.485 e. The van der Waals surface area contributed by atoms with Gasteiger partial charge in [0.05, 0.1) is 17.5 Å². The van der Waals surface area contributed by atoms with Gasteiger partial charge in [0, 0.05) is 69.7 Å². The molecule has 7 rings (SSSR count). The average Bonchev–Trinajstić information content (AvgIpc) is 3.56. The van der Waals surface area contributed by atoms with E-state index in [1.165, 1.54) is 24.3 Å². The van der Waals surface area contributed by atoms with Gasteiger partial charge in [-0.3, -0.25) is 9.48 Å². The molecule has 0 bridgehead atoms. The predicted octanol–water partition coefficient (Wildman–Crippen LogP) is 6.87. The Morgan fingerprint density at radius 2 is 1.54 bits per heavy atom. The second-order valence-corrected chi connectivity index (χ2v) is 14.6. The van der Waals surface area contributed by atoms with Gasteiger partial charge >= 0.3 is 6.09 Å². The quantitative estimate of drug-likeness (QED) is 0.272. The molecule has 4 aliphatic rings. The molecule has 52 heavy (non-hydrogen) atoms. The molecule has 2 spiro atoms. The molecule has 5 heterocycles. The van der Waals surface area contributed by atoms with E-state index in [9.17, 15) is 18.4 Å². The summed E-state index contributed by atoms with van der Waals surface area (Å²) in [7, 11) is 0. The van der Waals surface area contributed by atoms with E-state index in [-0.39, 0.29) is 22.8 Å². The van der Waals surface area contributed by atoms with Crippen LogP contribution < -0.4 is 14.8 Å². The first kappa shape index (κ1) is 37.7. The van der Waals surface area contributed by atoms with Crippen LogP contribution in [0.5, 0.6) is 11.5 Å². The van der Waals surface area contributed by atoms with Crippen LogP contribution in [0.3, 0.4) is 0 Å². The van der Waals surface area contributed by atoms with Gasteiger partial charge in [0.15, 0.2) is 12.1 Å². The number of hydrogen-bond donors (Lipinski definition) is 1. The van der Waals surface area contributed by atoms with E-state index in [2.05, 4.69) is 17.3 Å². The fourth-order valence-electron chi connectivity index (χ4n) is 7.71. The number of nitrogens with zero attached hydrogens (tertiary/aromatic N) is 3. The first-order valence-corrected chi connectivity index (χ1v) is 18.3. The second kappa shape index (κ2) is 15.1. The molecule has 0 saturated carbocycles. The lowest BCUT2D eigenvalue weighted by molar-refractivity contribution is -0.198. The number of likely N-dealkylation sites (tertiary alicyclic amines) is 1. The average molecular weight is 725 g/mol. The molecule has 11 nitrogen and oxygen atoms in total. The van der Waals surface area contributed by atoms with E-state index in [0.717, 1.165) is 55.0 Å². The summed E-state index contributed by atoms with van der Waals surface area (Å²) in [5.41, 5.74) is 1.28. The number of halogens is 2. The summed E-state index contributed by atoms with van der Waals surface area (Å²) in [6, 6.07) is 8.71. The largest absolute Gasteiger partial charge is 0.485 e. The van der Waals surface area contributed by atoms with Gasteiger partial charge in [0.1, 0.15) is 45.9 Å². The molecule has 1 atom stereocenters. The lowest BCUT2D eigenvalue weighted by atomic mass is 9.73. The SMILES string of the molecule is CCOC(OCC)C1C(=O)c2cc(F)ccc2OC12CCN(C(=O)OC(C)(C)C)CC2.CCn1ncc2c1-c1cc(F)ccc1OC21CCNCC1. The van der Waals surface area contributed by atoms with Crippen molar-refractivity contribution >= 4 is 11.9 Å². The fourth-order valence-corrected chi connectivity index (χ4v) is 7.71. The van der Waals surface area contributed by atoms with Gasteiger partial charge in [-0.25, -0.2) is 13.6 Å². The van der Waals surface area contributed by atoms with Crippen LogP contribution in [0.1, 0.15) is 83.1 Å². The van der Waals surface area contributed by atoms with Crippen LogP contribution in [0.2, 0.25) is 0 Å². The molecule has 3 aromatic rings. The van der Waals surface area contributed by atoms with E-state index in [1.54, 1.807) is 17.0 Å². The Morgan fingerprint density at radius 1 is 0.942 bits per heavy atom. The van der Waals surface area contributed by atoms with Crippen LogP contribution in [0.15, 0.2) is 42.6 Å². The van der Waals surface area contributed by atoms with Crippen LogP contribution in [0.25, 0.3) is 11.3 Å². The summed E-state index contributed by atoms with van der Waals surface area (Å²) in [6.07, 6.45) is 3.30. The third-order valence-corrected chi connectivity index (χ3v) is 10.1. The summed E-state index contributed by atoms with van der Waals surface area (Å²) in [6.45, 7) is 15.2. The van der Waals surface area contributed by atoms with Crippen LogP contribution >= 0.6 is 0 Å². The number of piperidine rings is 2. The number of carbonyl (C=O) groups is 2. The maximum absolute atomic E-state index is 13.9. The predicted molar refractivity (Wildman–Crippen MR) is 189 cm³/mol. The molecule has 13 heteroatoms. The number of Topliss-reactive ketones (excluding diaryl/α,β-unsaturated/α-hetero) is 1. The Kier molecular flexibility index (Phi) is 11.0. The van der Waals surface area contributed by atoms with E-state index >= 15 is 0 Å². The van der Waals surface area contributed by atoms with Gasteiger partial charge < -0.3 is 33.9 Å². The molecule has 1 unspecified atom stereocenters. The third-order valence-electron chi connectivity index (χ3n) is 10.1. The van der Waals surface area contributed by atoms with Crippen molar-refractivity contribution < 1.29 is 42.1 Å². The third kappa shape index (κ3) is 7.40. The number of ether oxygens (including phenoxy) is 5. The molecular formula is C39H50F2N4O7. The molecule has 282 valence electrons. The van der Waals surface area contributed by atoms with Crippen molar-refractivity contribution in [3.63, 3.8) is 0 Å². The first-order valence-electron chi connectivity index (χ1n) is 18.3. The second-order valence-electron chi connectivity index (χ2n) is 14.6. The van der Waals surface area contributed by atoms with Crippen molar-refractivity contribution in [1.29, 1.82) is 0 Å². The number of ketones is 1. The van der Waals surface area contributed by atoms with E-state index in [1.807, 2.05) is 45.5 Å². The molecule has 2 aromatic carbocycles. The molecule has 0 radical (unpaired) electrons. The van der Waals surface area contributed by atoms with Crippen molar-refractivity contribution in [1.82, 2.24) is 20.0 Å². The van der Waals surface area contributed by atoms with Crippen LogP contribution in [-0.2, 0) is 26.4 Å². The Bertz CT molecular complexity index is 1750. The van der Waals surface area contributed by atoms with Crippen molar-refractivity contribution in [2.24, 2.45) is 5.92 Å². The van der Waals surface area contributed by atoms with Gasteiger partial charge in [-0.05, 0) is 91.0 Å². The topological polar surface area (TPSA) is 113 Å². The fraction of sp³-hybridized carbons (Fsp3) is 0.564. The Labute approximate surface area is 303 Å². The standard InChI is InChI=1S/C23H32FNO6.C16H18FN3O/c1-6-28-20(29-7-2)18-19(26)16-14-15(24)8-9-17(16)30-23(18)10-12-25(13-11-23)21(27)31-22(3,4)5;1-2-20-15-12-9-11(17)3-4-14(12)21-16(13(15)10-19-20)5-7-18-8-6-16/h8-9,14,18,20H,6-7,10-13H2,1-5H3;3-4,9-10,18H,2,5-8H2,1H3. The normalized spacial score (nSPS) is 19.9. The summed E-state index contributed by atoms with van der Waals surface area (Å²) in [5.74, 6) is -0.676. The Morgan fingerprint density at radius 3 is 2.12 bits per heavy atom. The minimum atomic E-state index is -0.921. The molecule has 4 aliphatic heterocycles. The molecule has 1 N–H and O–H groups in total. The van der Waals surface area contributed by atoms with Gasteiger partial charge in [-0.15, -0.1) is 0 Å². The van der Waals surface area contributed by atoms with Crippen molar-refractivity contribution in [2.45, 2.75) is 96.9 Å². The van der Waals surface area contributed by atoms with E-state index in [4.69, 9.17) is 23.7 Å². The lowest BCUT2D eigenvalue weighted by Gasteiger charge is -2.49. The highest BCUT2D eigenvalue weighted by atomic mass is 19.1. The molecule has 1 amide bonds. The van der Waals surface area contributed by atoms with Crippen LogP contribution in [0.4, 0.5) is 13.6 Å². The maximum atomic E-state index is 13.9. The zero-order valence-corrected chi connectivity index (χ0v) is 30.9. The molecular weight excluding hydrogens is 674 g/mol. The maximum Gasteiger partial charge on any atom is 0.410 e. The van der Waals surface area contributed by atoms with Gasteiger partial charge in [0.2, 0.25) is 0 Å². The number of benzene rings is 2. The zero-order chi connectivity index (χ0) is 37.3. The smallest absolute Gasteiger partial charge is 0.410 e. The summed E-state index contributed by atoms with van der Waals surface area (Å²) < 4.78 is 59.3. The van der Waals surface area contributed by atoms with E-state index < -0.39 is 35.3 Å². The molecule has 2 saturated heterocycles.